The topological polar surface area (TPSA) is 119 Å². The normalized spacial score (nSPS) is 26.7. The van der Waals surface area contributed by atoms with Crippen molar-refractivity contribution in [1.29, 1.82) is 0 Å². The van der Waals surface area contributed by atoms with Gasteiger partial charge < -0.3 is 25.0 Å². The summed E-state index contributed by atoms with van der Waals surface area (Å²) >= 11 is 0. The molecular weight excluding hydrogens is 563 g/mol. The van der Waals surface area contributed by atoms with Crippen LogP contribution in [-0.4, -0.2) is 60.9 Å². The number of halogens is 5. The van der Waals surface area contributed by atoms with Gasteiger partial charge in [0.25, 0.3) is 5.91 Å². The number of alkyl halides is 5. The second kappa shape index (κ2) is 8.67. The summed E-state index contributed by atoms with van der Waals surface area (Å²) in [7, 11) is 1.65. The van der Waals surface area contributed by atoms with Crippen molar-refractivity contribution in [3.05, 3.63) is 71.6 Å². The van der Waals surface area contributed by atoms with E-state index in [2.05, 4.69) is 9.97 Å². The number of aliphatic hydroxyl groups is 1. The monoisotopic (exact) mass is 586 g/mol. The first-order valence-corrected chi connectivity index (χ1v) is 13.1. The average Bonchev–Trinajstić information content (AvgIpc) is 3.44. The molecule has 3 N–H and O–H groups in total. The van der Waals surface area contributed by atoms with E-state index in [9.17, 15) is 31.9 Å². The molecule has 218 valence electrons. The molecular formula is C28H23F5N6O3. The third kappa shape index (κ3) is 3.74. The Morgan fingerprint density at radius 3 is 2.48 bits per heavy atom. The Bertz CT molecular complexity index is 1750. The number of rotatable bonds is 4. The van der Waals surface area contributed by atoms with Crippen molar-refractivity contribution in [3.63, 3.8) is 0 Å². The standard InChI is InChI=1S/C28H23F5N6O3/c1-38-19-8-18(21-15(23(38)40)3-2-4-20(21)42-25(29)30)39-17-7-13(5-6-16(17)37-22(19)39)14-9-35-24(36-10-14)26(34)11-27(41,12-26)28(31,32)33/h2-7,9-10,18-19,25,41H,8,11-12,34H2,1H3/t18-,19-,26?,27?/m0/s1. The van der Waals surface area contributed by atoms with Crippen molar-refractivity contribution in [2.75, 3.05) is 7.05 Å². The Labute approximate surface area is 234 Å². The van der Waals surface area contributed by atoms with E-state index in [1.807, 2.05) is 10.6 Å². The fraction of sp³-hybridized carbons (Fsp3) is 0.357. The Kier molecular flexibility index (Phi) is 5.52. The van der Waals surface area contributed by atoms with Gasteiger partial charge in [-0.1, -0.05) is 12.1 Å². The lowest BCUT2D eigenvalue weighted by Gasteiger charge is -2.50. The van der Waals surface area contributed by atoms with E-state index in [0.717, 1.165) is 0 Å². The fourth-order valence-corrected chi connectivity index (χ4v) is 6.54. The minimum atomic E-state index is -4.80. The highest BCUT2D eigenvalue weighted by atomic mass is 19.4. The number of imidazole rings is 1. The zero-order valence-electron chi connectivity index (χ0n) is 21.9. The molecule has 2 bridgehead atoms. The van der Waals surface area contributed by atoms with Crippen LogP contribution in [0.25, 0.3) is 22.2 Å². The van der Waals surface area contributed by atoms with Crippen LogP contribution in [0.3, 0.4) is 0 Å². The van der Waals surface area contributed by atoms with Crippen LogP contribution in [0, 0.1) is 0 Å². The summed E-state index contributed by atoms with van der Waals surface area (Å²) in [5.41, 5.74) is 4.88. The van der Waals surface area contributed by atoms with E-state index in [1.165, 1.54) is 24.5 Å². The van der Waals surface area contributed by atoms with Gasteiger partial charge in [0.15, 0.2) is 5.60 Å². The number of benzene rings is 2. The first-order chi connectivity index (χ1) is 19.8. The van der Waals surface area contributed by atoms with Crippen LogP contribution in [0.5, 0.6) is 5.75 Å². The van der Waals surface area contributed by atoms with Gasteiger partial charge in [-0.2, -0.15) is 22.0 Å². The van der Waals surface area contributed by atoms with E-state index in [-0.39, 0.29) is 23.0 Å². The Morgan fingerprint density at radius 1 is 1.10 bits per heavy atom. The molecule has 0 spiro atoms. The highest BCUT2D eigenvalue weighted by molar-refractivity contribution is 5.98. The Morgan fingerprint density at radius 2 is 1.81 bits per heavy atom. The summed E-state index contributed by atoms with van der Waals surface area (Å²) in [6.07, 6.45) is -2.97. The average molecular weight is 587 g/mol. The minimum absolute atomic E-state index is 0.00702. The van der Waals surface area contributed by atoms with Crippen molar-refractivity contribution < 1.29 is 36.6 Å². The van der Waals surface area contributed by atoms with Crippen LogP contribution in [0.15, 0.2) is 48.8 Å². The fourth-order valence-electron chi connectivity index (χ4n) is 6.54. The third-order valence-electron chi connectivity index (χ3n) is 8.58. The molecule has 1 aliphatic carbocycles. The number of hydrogen-bond donors (Lipinski definition) is 2. The molecule has 1 saturated carbocycles. The van der Waals surface area contributed by atoms with Gasteiger partial charge >= 0.3 is 12.8 Å². The molecule has 1 fully saturated rings. The van der Waals surface area contributed by atoms with Crippen LogP contribution >= 0.6 is 0 Å². The number of carbonyl (C=O) groups is 1. The van der Waals surface area contributed by atoms with Crippen molar-refractivity contribution in [1.82, 2.24) is 24.4 Å². The second-order valence-corrected chi connectivity index (χ2v) is 11.2. The molecule has 4 heterocycles. The number of carbonyl (C=O) groups excluding carboxylic acids is 1. The molecule has 0 saturated heterocycles. The first-order valence-electron chi connectivity index (χ1n) is 13.1. The number of nitrogens with zero attached hydrogens (tertiary/aromatic N) is 5. The van der Waals surface area contributed by atoms with Crippen LogP contribution in [0.1, 0.15) is 58.9 Å². The van der Waals surface area contributed by atoms with Gasteiger partial charge in [-0.15, -0.1) is 0 Å². The van der Waals surface area contributed by atoms with Crippen LogP contribution in [-0.2, 0) is 5.54 Å². The van der Waals surface area contributed by atoms with E-state index in [1.54, 1.807) is 30.1 Å². The molecule has 3 aliphatic rings. The molecule has 2 aromatic carbocycles. The number of fused-ring (bicyclic) bond motifs is 9. The number of amides is 1. The SMILES string of the molecule is CN1C(=O)c2cccc(OC(F)F)c2[C@@H]2C[C@H]1c1nc3ccc(-c4cnc(C5(N)CC(O)(C(F)(F)F)C5)nc4)cc3n12. The van der Waals surface area contributed by atoms with Gasteiger partial charge in [0, 0.05) is 55.4 Å². The van der Waals surface area contributed by atoms with Crippen LogP contribution in [0.2, 0.25) is 0 Å². The van der Waals surface area contributed by atoms with Gasteiger partial charge in [0.1, 0.15) is 17.4 Å². The van der Waals surface area contributed by atoms with Crippen molar-refractivity contribution in [2.24, 2.45) is 5.73 Å². The highest BCUT2D eigenvalue weighted by Crippen LogP contribution is 2.53. The second-order valence-electron chi connectivity index (χ2n) is 11.2. The van der Waals surface area contributed by atoms with Crippen molar-refractivity contribution in [2.45, 2.75) is 55.3 Å². The van der Waals surface area contributed by atoms with Crippen LogP contribution in [0.4, 0.5) is 22.0 Å². The van der Waals surface area contributed by atoms with E-state index in [0.29, 0.717) is 40.0 Å². The smallest absolute Gasteiger partial charge is 0.417 e. The predicted molar refractivity (Wildman–Crippen MR) is 138 cm³/mol. The summed E-state index contributed by atoms with van der Waals surface area (Å²) in [6.45, 7) is -3.08. The van der Waals surface area contributed by atoms with Gasteiger partial charge in [-0.3, -0.25) is 4.79 Å². The Balaban J connectivity index is 1.28. The summed E-state index contributed by atoms with van der Waals surface area (Å²) in [5.74, 6) is 0.215. The molecule has 0 radical (unpaired) electrons. The highest BCUT2D eigenvalue weighted by Gasteiger charge is 2.67. The molecule has 4 aromatic rings. The molecule has 2 aromatic heterocycles. The third-order valence-corrected chi connectivity index (χ3v) is 8.58. The lowest BCUT2D eigenvalue weighted by atomic mass is 9.64. The van der Waals surface area contributed by atoms with E-state index >= 15 is 0 Å². The summed E-state index contributed by atoms with van der Waals surface area (Å²) in [5, 5.41) is 9.83. The molecule has 2 aliphatic heterocycles. The molecule has 0 unspecified atom stereocenters. The number of ether oxygens (including phenoxy) is 1. The van der Waals surface area contributed by atoms with Crippen LogP contribution < -0.4 is 10.5 Å². The number of hydrogen-bond acceptors (Lipinski definition) is 7. The lowest BCUT2D eigenvalue weighted by Crippen LogP contribution is -2.66. The molecule has 1 amide bonds. The Hall–Kier alpha value is -4.17. The molecule has 7 rings (SSSR count). The lowest BCUT2D eigenvalue weighted by molar-refractivity contribution is -0.304. The van der Waals surface area contributed by atoms with Gasteiger partial charge in [-0.05, 0) is 29.8 Å². The largest absolute Gasteiger partial charge is 0.434 e. The number of nitrogens with two attached hydrogens (primary N) is 1. The van der Waals surface area contributed by atoms with E-state index in [4.69, 9.17) is 15.5 Å². The molecule has 2 atom stereocenters. The minimum Gasteiger partial charge on any atom is -0.434 e. The first kappa shape index (κ1) is 26.7. The maximum Gasteiger partial charge on any atom is 0.417 e. The van der Waals surface area contributed by atoms with Gasteiger partial charge in [0.2, 0.25) is 0 Å². The summed E-state index contributed by atoms with van der Waals surface area (Å²) in [6, 6.07) is 9.01. The van der Waals surface area contributed by atoms with Crippen molar-refractivity contribution in [3.8, 4) is 16.9 Å². The predicted octanol–water partition coefficient (Wildman–Crippen LogP) is 4.46. The van der Waals surface area contributed by atoms with E-state index < -0.39 is 48.9 Å². The van der Waals surface area contributed by atoms with Gasteiger partial charge in [-0.25, -0.2) is 15.0 Å². The van der Waals surface area contributed by atoms with Crippen molar-refractivity contribution >= 4 is 16.9 Å². The van der Waals surface area contributed by atoms with Gasteiger partial charge in [0.05, 0.1) is 28.7 Å². The quantitative estimate of drug-likeness (QED) is 0.339. The maximum atomic E-state index is 13.3. The molecule has 14 heteroatoms. The molecule has 42 heavy (non-hydrogen) atoms. The summed E-state index contributed by atoms with van der Waals surface area (Å²) < 4.78 is 72.8. The zero-order valence-corrected chi connectivity index (χ0v) is 21.9. The zero-order chi connectivity index (χ0) is 29.8. The summed E-state index contributed by atoms with van der Waals surface area (Å²) in [4.78, 5) is 28.1. The number of aromatic nitrogens is 4. The maximum absolute atomic E-state index is 13.3. The molecule has 9 nitrogen and oxygen atoms in total.